The molecule has 1 aliphatic heterocycles. The molecule has 0 spiro atoms. The van der Waals surface area contributed by atoms with Gasteiger partial charge in [-0.25, -0.2) is 0 Å². The van der Waals surface area contributed by atoms with Crippen molar-refractivity contribution >= 4 is 0 Å². The maximum absolute atomic E-state index is 5.75. The molecule has 21 heavy (non-hydrogen) atoms. The molecule has 3 aliphatic rings. The second kappa shape index (κ2) is 5.36. The molecule has 1 saturated heterocycles. The lowest BCUT2D eigenvalue weighted by Gasteiger charge is -2.24. The maximum Gasteiger partial charge on any atom is 0.243 e. The topological polar surface area (TPSA) is 60.2 Å². The monoisotopic (exact) mass is 291 g/mol. The van der Waals surface area contributed by atoms with Gasteiger partial charge in [-0.1, -0.05) is 18.0 Å². The first-order valence-electron chi connectivity index (χ1n) is 8.46. The van der Waals surface area contributed by atoms with Crippen LogP contribution < -0.4 is 5.32 Å². The molecular formula is C16H25N3O2. The Bertz CT molecular complexity index is 481. The lowest BCUT2D eigenvalue weighted by molar-refractivity contribution is -0.0178. The fourth-order valence-electron chi connectivity index (χ4n) is 4.54. The van der Waals surface area contributed by atoms with Gasteiger partial charge in [-0.05, 0) is 50.9 Å². The summed E-state index contributed by atoms with van der Waals surface area (Å²) in [6.45, 7) is 0. The average Bonchev–Trinajstić information content (AvgIpc) is 3.24. The molecule has 1 aromatic heterocycles. The molecule has 5 heteroatoms. The summed E-state index contributed by atoms with van der Waals surface area (Å²) in [6.07, 6.45) is 10.9. The number of fused-ring (bicyclic) bond motifs is 1. The molecule has 3 unspecified atom stereocenters. The maximum atomic E-state index is 5.75. The number of hydrogen-bond acceptors (Lipinski definition) is 5. The molecule has 2 aliphatic carbocycles. The number of methoxy groups -OCH3 is 1. The first-order chi connectivity index (χ1) is 10.3. The van der Waals surface area contributed by atoms with Crippen LogP contribution in [0, 0.1) is 5.92 Å². The number of ether oxygens (including phenoxy) is 1. The van der Waals surface area contributed by atoms with Crippen LogP contribution in [0.15, 0.2) is 4.52 Å². The minimum Gasteiger partial charge on any atom is -0.370 e. The van der Waals surface area contributed by atoms with Crippen molar-refractivity contribution in [3.05, 3.63) is 11.7 Å². The summed E-state index contributed by atoms with van der Waals surface area (Å²) < 4.78 is 11.3. The summed E-state index contributed by atoms with van der Waals surface area (Å²) in [5.41, 5.74) is -0.298. The van der Waals surface area contributed by atoms with Crippen LogP contribution in [-0.2, 0) is 10.3 Å². The van der Waals surface area contributed by atoms with E-state index in [0.717, 1.165) is 36.9 Å². The second-order valence-corrected chi connectivity index (χ2v) is 6.97. The normalized spacial score (nSPS) is 35.0. The highest BCUT2D eigenvalue weighted by Crippen LogP contribution is 2.42. The van der Waals surface area contributed by atoms with Crippen molar-refractivity contribution in [1.29, 1.82) is 0 Å². The summed E-state index contributed by atoms with van der Waals surface area (Å²) in [7, 11) is 1.77. The molecule has 2 saturated carbocycles. The van der Waals surface area contributed by atoms with E-state index in [2.05, 4.69) is 10.5 Å². The van der Waals surface area contributed by atoms with Gasteiger partial charge in [0.1, 0.15) is 5.60 Å². The van der Waals surface area contributed by atoms with Crippen LogP contribution in [0.1, 0.15) is 75.5 Å². The van der Waals surface area contributed by atoms with Crippen LogP contribution in [0.25, 0.3) is 0 Å². The molecular weight excluding hydrogens is 266 g/mol. The Balaban J connectivity index is 1.52. The molecule has 0 bridgehead atoms. The quantitative estimate of drug-likeness (QED) is 0.927. The first-order valence-corrected chi connectivity index (χ1v) is 8.46. The largest absolute Gasteiger partial charge is 0.370 e. The minimum absolute atomic E-state index is 0.245. The van der Waals surface area contributed by atoms with Gasteiger partial charge in [-0.15, -0.1) is 0 Å². The summed E-state index contributed by atoms with van der Waals surface area (Å²) in [5, 5.41) is 7.96. The fraction of sp³-hybridized carbons (Fsp3) is 0.875. The number of rotatable bonds is 3. The van der Waals surface area contributed by atoms with Crippen molar-refractivity contribution in [3.8, 4) is 0 Å². The van der Waals surface area contributed by atoms with Crippen LogP contribution in [0.5, 0.6) is 0 Å². The second-order valence-electron chi connectivity index (χ2n) is 6.97. The fourth-order valence-corrected chi connectivity index (χ4v) is 4.54. The lowest BCUT2D eigenvalue weighted by atomic mass is 9.85. The number of hydrogen-bond donors (Lipinski definition) is 1. The van der Waals surface area contributed by atoms with E-state index in [1.165, 1.54) is 38.5 Å². The van der Waals surface area contributed by atoms with Crippen LogP contribution in [0.4, 0.5) is 0 Å². The summed E-state index contributed by atoms with van der Waals surface area (Å²) in [5.74, 6) is 2.32. The van der Waals surface area contributed by atoms with Crippen molar-refractivity contribution in [3.63, 3.8) is 0 Å². The van der Waals surface area contributed by atoms with E-state index in [0.29, 0.717) is 6.04 Å². The molecule has 1 aromatic rings. The van der Waals surface area contributed by atoms with Gasteiger partial charge in [0.25, 0.3) is 0 Å². The van der Waals surface area contributed by atoms with Crippen LogP contribution >= 0.6 is 0 Å². The van der Waals surface area contributed by atoms with E-state index in [9.17, 15) is 0 Å². The van der Waals surface area contributed by atoms with Gasteiger partial charge >= 0.3 is 0 Å². The average molecular weight is 291 g/mol. The standard InChI is InChI=1S/C16H25N3O2/c1-20-16(8-4-5-9-16)15-18-14(21-19-15)13-10-11-6-2-3-7-12(11)17-13/h11-13,17H,2-10H2,1H3. The third kappa shape index (κ3) is 2.30. The smallest absolute Gasteiger partial charge is 0.243 e. The van der Waals surface area contributed by atoms with Crippen molar-refractivity contribution < 1.29 is 9.26 Å². The third-order valence-corrected chi connectivity index (χ3v) is 5.81. The van der Waals surface area contributed by atoms with Crippen molar-refractivity contribution in [2.45, 2.75) is 75.5 Å². The zero-order chi connectivity index (χ0) is 14.3. The Morgan fingerprint density at radius 2 is 2.00 bits per heavy atom. The summed E-state index contributed by atoms with van der Waals surface area (Å²) in [6, 6.07) is 0.900. The van der Waals surface area contributed by atoms with Gasteiger partial charge in [0.2, 0.25) is 11.7 Å². The van der Waals surface area contributed by atoms with Gasteiger partial charge in [0.05, 0.1) is 6.04 Å². The Labute approximate surface area is 125 Å². The predicted octanol–water partition coefficient (Wildman–Crippen LogP) is 3.08. The van der Waals surface area contributed by atoms with Gasteiger partial charge in [-0.2, -0.15) is 4.98 Å². The molecule has 116 valence electrons. The number of nitrogens with one attached hydrogen (secondary N) is 1. The summed E-state index contributed by atoms with van der Waals surface area (Å²) >= 11 is 0. The highest BCUT2D eigenvalue weighted by molar-refractivity contribution is 5.08. The van der Waals surface area contributed by atoms with Crippen molar-refractivity contribution in [2.24, 2.45) is 5.92 Å². The lowest BCUT2D eigenvalue weighted by Crippen LogP contribution is -2.30. The summed E-state index contributed by atoms with van der Waals surface area (Å²) in [4.78, 5) is 4.71. The molecule has 3 atom stereocenters. The Hall–Kier alpha value is -0.940. The molecule has 1 N–H and O–H groups in total. The highest BCUT2D eigenvalue weighted by Gasteiger charge is 2.42. The van der Waals surface area contributed by atoms with Gasteiger partial charge in [0.15, 0.2) is 0 Å². The number of aromatic nitrogens is 2. The van der Waals surface area contributed by atoms with E-state index < -0.39 is 0 Å². The molecule has 4 rings (SSSR count). The van der Waals surface area contributed by atoms with Crippen LogP contribution in [0.2, 0.25) is 0 Å². The Morgan fingerprint density at radius 1 is 1.19 bits per heavy atom. The first kappa shape index (κ1) is 13.7. The zero-order valence-electron chi connectivity index (χ0n) is 12.8. The van der Waals surface area contributed by atoms with Gasteiger partial charge in [-0.3, -0.25) is 0 Å². The molecule has 5 nitrogen and oxygen atoms in total. The van der Waals surface area contributed by atoms with E-state index >= 15 is 0 Å². The number of nitrogens with zero attached hydrogens (tertiary/aromatic N) is 2. The van der Waals surface area contributed by atoms with Crippen LogP contribution in [0.3, 0.4) is 0 Å². The Morgan fingerprint density at radius 3 is 2.76 bits per heavy atom. The SMILES string of the molecule is COC1(c2noc(C3CC4CCCCC4N3)n2)CCCC1. The van der Waals surface area contributed by atoms with Crippen LogP contribution in [-0.4, -0.2) is 23.3 Å². The van der Waals surface area contributed by atoms with E-state index in [1.54, 1.807) is 7.11 Å². The zero-order valence-corrected chi connectivity index (χ0v) is 12.8. The molecule has 0 radical (unpaired) electrons. The van der Waals surface area contributed by atoms with Crippen molar-refractivity contribution in [1.82, 2.24) is 15.5 Å². The van der Waals surface area contributed by atoms with Crippen molar-refractivity contribution in [2.75, 3.05) is 7.11 Å². The predicted molar refractivity (Wildman–Crippen MR) is 77.7 cm³/mol. The van der Waals surface area contributed by atoms with E-state index in [4.69, 9.17) is 14.2 Å². The van der Waals surface area contributed by atoms with E-state index in [1.807, 2.05) is 0 Å². The van der Waals surface area contributed by atoms with Gasteiger partial charge < -0.3 is 14.6 Å². The molecule has 0 aromatic carbocycles. The minimum atomic E-state index is -0.298. The van der Waals surface area contributed by atoms with Gasteiger partial charge in [0, 0.05) is 13.2 Å². The molecule has 0 amide bonds. The third-order valence-electron chi connectivity index (χ3n) is 5.81. The highest BCUT2D eigenvalue weighted by atomic mass is 16.5. The molecule has 3 fully saturated rings. The molecule has 2 heterocycles. The van der Waals surface area contributed by atoms with E-state index in [-0.39, 0.29) is 11.6 Å². The Kier molecular flexibility index (Phi) is 3.50.